The first kappa shape index (κ1) is 27.2. The lowest BCUT2D eigenvalue weighted by Crippen LogP contribution is -2.48. The van der Waals surface area contributed by atoms with Crippen LogP contribution in [0.5, 0.6) is 11.5 Å². The van der Waals surface area contributed by atoms with Gasteiger partial charge in [0.1, 0.15) is 23.4 Å². The molecule has 0 aliphatic heterocycles. The summed E-state index contributed by atoms with van der Waals surface area (Å²) in [6, 6.07) is 13.0. The largest absolute Gasteiger partial charge is 0.494 e. The molecule has 0 aliphatic rings. The Balaban J connectivity index is 1.74. The molecule has 1 atom stereocenters. The highest BCUT2D eigenvalue weighted by Gasteiger charge is 2.23. The Labute approximate surface area is 204 Å². The number of nitrogens with one attached hydrogen (secondary N) is 3. The fourth-order valence-electron chi connectivity index (χ4n) is 3.18. The maximum absolute atomic E-state index is 12.5. The minimum Gasteiger partial charge on any atom is -0.494 e. The molecule has 35 heavy (non-hydrogen) atoms. The van der Waals surface area contributed by atoms with Crippen LogP contribution < -0.4 is 25.8 Å². The van der Waals surface area contributed by atoms with Crippen LogP contribution in [0.25, 0.3) is 0 Å². The van der Waals surface area contributed by atoms with Gasteiger partial charge >= 0.3 is 5.97 Å². The van der Waals surface area contributed by atoms with E-state index < -0.39 is 30.2 Å². The smallest absolute Gasteiger partial charge is 0.305 e. The second kappa shape index (κ2) is 14.2. The molecule has 2 aromatic rings. The van der Waals surface area contributed by atoms with E-state index in [1.165, 1.54) is 0 Å². The molecule has 0 bridgehead atoms. The molecule has 188 valence electrons. The van der Waals surface area contributed by atoms with Crippen LogP contribution in [0.1, 0.15) is 37.3 Å². The van der Waals surface area contributed by atoms with Gasteiger partial charge in [0.15, 0.2) is 0 Å². The normalized spacial score (nSPS) is 11.2. The third kappa shape index (κ3) is 10.2. The summed E-state index contributed by atoms with van der Waals surface area (Å²) >= 11 is 0. The van der Waals surface area contributed by atoms with E-state index in [0.717, 1.165) is 11.3 Å². The molecular weight excluding hydrogens is 452 g/mol. The second-order valence-electron chi connectivity index (χ2n) is 7.73. The fourth-order valence-corrected chi connectivity index (χ4v) is 3.18. The van der Waals surface area contributed by atoms with Crippen LogP contribution in [0.4, 0.5) is 0 Å². The Morgan fingerprint density at radius 3 is 2.26 bits per heavy atom. The van der Waals surface area contributed by atoms with E-state index >= 15 is 0 Å². The van der Waals surface area contributed by atoms with Crippen molar-refractivity contribution in [3.8, 4) is 11.5 Å². The molecule has 0 unspecified atom stereocenters. The summed E-state index contributed by atoms with van der Waals surface area (Å²) in [6.07, 6.45) is 0.483. The lowest BCUT2D eigenvalue weighted by Gasteiger charge is -2.17. The lowest BCUT2D eigenvalue weighted by atomic mass is 10.1. The number of ether oxygens (including phenoxy) is 2. The number of amidine groups is 1. The zero-order valence-corrected chi connectivity index (χ0v) is 19.7. The number of carboxylic acid groups (broad SMARTS) is 1. The first-order chi connectivity index (χ1) is 16.8. The number of carbonyl (C=O) groups excluding carboxylic acids is 2. The van der Waals surface area contributed by atoms with E-state index in [2.05, 4.69) is 10.6 Å². The molecule has 0 saturated heterocycles. The number of benzene rings is 2. The van der Waals surface area contributed by atoms with Crippen molar-refractivity contribution in [2.24, 2.45) is 5.73 Å². The van der Waals surface area contributed by atoms with Crippen molar-refractivity contribution < 1.29 is 29.0 Å². The van der Waals surface area contributed by atoms with Crippen LogP contribution in [0, 0.1) is 5.41 Å². The van der Waals surface area contributed by atoms with E-state index in [0.29, 0.717) is 37.3 Å². The van der Waals surface area contributed by atoms with Gasteiger partial charge < -0.3 is 30.9 Å². The topological polar surface area (TPSA) is 164 Å². The summed E-state index contributed by atoms with van der Waals surface area (Å²) in [5.41, 5.74) is 6.98. The molecule has 0 fully saturated rings. The van der Waals surface area contributed by atoms with Crippen molar-refractivity contribution in [2.45, 2.75) is 38.6 Å². The van der Waals surface area contributed by atoms with Crippen molar-refractivity contribution in [1.29, 1.82) is 5.41 Å². The van der Waals surface area contributed by atoms with Crippen LogP contribution in [0.3, 0.4) is 0 Å². The molecule has 6 N–H and O–H groups in total. The van der Waals surface area contributed by atoms with Crippen LogP contribution in [0.15, 0.2) is 48.5 Å². The third-order valence-electron chi connectivity index (χ3n) is 4.96. The average molecular weight is 485 g/mol. The Kier molecular flexibility index (Phi) is 11.1. The van der Waals surface area contributed by atoms with Crippen LogP contribution in [-0.2, 0) is 20.8 Å². The Morgan fingerprint density at radius 1 is 1.03 bits per heavy atom. The van der Waals surface area contributed by atoms with Gasteiger partial charge in [-0.1, -0.05) is 12.1 Å². The van der Waals surface area contributed by atoms with Gasteiger partial charge in [-0.2, -0.15) is 0 Å². The summed E-state index contributed by atoms with van der Waals surface area (Å²) in [6.45, 7) is 3.04. The first-order valence-corrected chi connectivity index (χ1v) is 11.4. The molecular formula is C25H32N4O6. The molecule has 0 heterocycles. The lowest BCUT2D eigenvalue weighted by molar-refractivity contribution is -0.140. The molecule has 0 radical (unpaired) electrons. The SMILES string of the molecule is CCOc1ccc(CCNC(=O)[C@H](CC(=O)O)NC(=O)CCCOc2ccc(C(=N)N)cc2)cc1. The van der Waals surface area contributed by atoms with Crippen molar-refractivity contribution in [1.82, 2.24) is 10.6 Å². The number of aliphatic carboxylic acids is 1. The minimum atomic E-state index is -1.19. The number of nitrogens with two attached hydrogens (primary N) is 1. The minimum absolute atomic E-state index is 0.0376. The van der Waals surface area contributed by atoms with Gasteiger partial charge in [-0.3, -0.25) is 19.8 Å². The molecule has 0 aliphatic carbocycles. The monoisotopic (exact) mass is 484 g/mol. The summed E-state index contributed by atoms with van der Waals surface area (Å²) in [7, 11) is 0. The molecule has 0 spiro atoms. The maximum atomic E-state index is 12.5. The fraction of sp³-hybridized carbons (Fsp3) is 0.360. The van der Waals surface area contributed by atoms with E-state index in [1.807, 2.05) is 31.2 Å². The molecule has 0 saturated carbocycles. The third-order valence-corrected chi connectivity index (χ3v) is 4.96. The summed E-state index contributed by atoms with van der Waals surface area (Å²) in [5, 5.41) is 21.7. The molecule has 2 aromatic carbocycles. The quantitative estimate of drug-likeness (QED) is 0.146. The van der Waals surface area contributed by atoms with Gasteiger partial charge in [0, 0.05) is 18.5 Å². The van der Waals surface area contributed by atoms with Crippen molar-refractivity contribution in [2.75, 3.05) is 19.8 Å². The Morgan fingerprint density at radius 2 is 1.66 bits per heavy atom. The maximum Gasteiger partial charge on any atom is 0.305 e. The van der Waals surface area contributed by atoms with Gasteiger partial charge in [0.2, 0.25) is 11.8 Å². The van der Waals surface area contributed by atoms with Crippen LogP contribution >= 0.6 is 0 Å². The Hall–Kier alpha value is -4.08. The summed E-state index contributed by atoms with van der Waals surface area (Å²) in [5.74, 6) is -0.868. The molecule has 10 nitrogen and oxygen atoms in total. The zero-order valence-electron chi connectivity index (χ0n) is 19.7. The van der Waals surface area contributed by atoms with E-state index in [1.54, 1.807) is 24.3 Å². The van der Waals surface area contributed by atoms with E-state index in [-0.39, 0.29) is 18.9 Å². The van der Waals surface area contributed by atoms with Crippen molar-refractivity contribution >= 4 is 23.6 Å². The van der Waals surface area contributed by atoms with Crippen LogP contribution in [0.2, 0.25) is 0 Å². The van der Waals surface area contributed by atoms with Crippen LogP contribution in [-0.4, -0.2) is 54.5 Å². The Bertz CT molecular complexity index is 992. The van der Waals surface area contributed by atoms with Gasteiger partial charge in [0.25, 0.3) is 0 Å². The van der Waals surface area contributed by atoms with Gasteiger partial charge in [0.05, 0.1) is 19.6 Å². The number of hydrogen-bond acceptors (Lipinski definition) is 6. The van der Waals surface area contributed by atoms with Gasteiger partial charge in [-0.05, 0) is 61.7 Å². The summed E-state index contributed by atoms with van der Waals surface area (Å²) in [4.78, 5) is 35.9. The van der Waals surface area contributed by atoms with E-state index in [4.69, 9.17) is 25.7 Å². The predicted octanol–water partition coefficient (Wildman–Crippen LogP) is 1.85. The average Bonchev–Trinajstić information content (AvgIpc) is 2.82. The number of carbonyl (C=O) groups is 3. The molecule has 0 aromatic heterocycles. The summed E-state index contributed by atoms with van der Waals surface area (Å²) < 4.78 is 10.9. The number of nitrogen functional groups attached to an aromatic ring is 1. The highest BCUT2D eigenvalue weighted by Crippen LogP contribution is 2.13. The zero-order chi connectivity index (χ0) is 25.6. The standard InChI is InChI=1S/C25H32N4O6/c1-2-34-19-9-5-17(6-10-19)13-14-28-25(33)21(16-23(31)32)29-22(30)4-3-15-35-20-11-7-18(8-12-20)24(26)27/h5-12,21H,2-4,13-16H2,1H3,(H3,26,27)(H,28,33)(H,29,30)(H,31,32)/t21-/m0/s1. The van der Waals surface area contributed by atoms with Gasteiger partial charge in [-0.25, -0.2) is 0 Å². The van der Waals surface area contributed by atoms with Crippen molar-refractivity contribution in [3.05, 3.63) is 59.7 Å². The highest BCUT2D eigenvalue weighted by atomic mass is 16.5. The molecule has 2 rings (SSSR count). The predicted molar refractivity (Wildman–Crippen MR) is 131 cm³/mol. The van der Waals surface area contributed by atoms with Crippen molar-refractivity contribution in [3.63, 3.8) is 0 Å². The van der Waals surface area contributed by atoms with E-state index in [9.17, 15) is 14.4 Å². The second-order valence-corrected chi connectivity index (χ2v) is 7.73. The number of amides is 2. The van der Waals surface area contributed by atoms with Gasteiger partial charge in [-0.15, -0.1) is 0 Å². The number of carboxylic acids is 1. The first-order valence-electron chi connectivity index (χ1n) is 11.4. The molecule has 2 amide bonds. The number of hydrogen-bond donors (Lipinski definition) is 5. The number of rotatable bonds is 15. The highest BCUT2D eigenvalue weighted by molar-refractivity contribution is 5.95. The molecule has 10 heteroatoms.